The van der Waals surface area contributed by atoms with Gasteiger partial charge in [0.2, 0.25) is 0 Å². The molecule has 0 aromatic rings. The van der Waals surface area contributed by atoms with Crippen molar-refractivity contribution in [1.82, 2.24) is 0 Å². The quantitative estimate of drug-likeness (QED) is 0.416. The number of hydrogen-bond acceptors (Lipinski definition) is 6. The van der Waals surface area contributed by atoms with Crippen molar-refractivity contribution < 1.29 is 43.2 Å². The van der Waals surface area contributed by atoms with Crippen LogP contribution < -0.4 is 0 Å². The van der Waals surface area contributed by atoms with E-state index < -0.39 is 55.9 Å². The molecule has 7 nitrogen and oxygen atoms in total. The van der Waals surface area contributed by atoms with Crippen molar-refractivity contribution in [2.75, 3.05) is 6.61 Å². The first-order chi connectivity index (χ1) is 9.09. The summed E-state index contributed by atoms with van der Waals surface area (Å²) in [6.45, 7) is -0.0550. The van der Waals surface area contributed by atoms with Crippen LogP contribution in [0.4, 0.5) is 8.78 Å². The molecule has 2 unspecified atom stereocenters. The zero-order valence-corrected chi connectivity index (χ0v) is 11.2. The predicted octanol–water partition coefficient (Wildman–Crippen LogP) is -0.941. The molecule has 1 heterocycles. The number of rotatable bonds is 2. The second kappa shape index (κ2) is 5.24. The summed E-state index contributed by atoms with van der Waals surface area (Å²) >= 11 is 0. The molecule has 5 N–H and O–H groups in total. The molecule has 20 heavy (non-hydrogen) atoms. The highest BCUT2D eigenvalue weighted by molar-refractivity contribution is 7.53. The van der Waals surface area contributed by atoms with Crippen LogP contribution in [0.15, 0.2) is 0 Å². The molecule has 1 aliphatic heterocycles. The fourth-order valence-corrected chi connectivity index (χ4v) is 4.23. The maximum Gasteiger partial charge on any atom is 0.331 e. The summed E-state index contributed by atoms with van der Waals surface area (Å²) in [6, 6.07) is 0. The first kappa shape index (κ1) is 16.2. The lowest BCUT2D eigenvalue weighted by Gasteiger charge is -2.44. The Labute approximate surface area is 113 Å². The maximum atomic E-state index is 13.9. The first-order valence-electron chi connectivity index (χ1n) is 6.16. The van der Waals surface area contributed by atoms with Crippen molar-refractivity contribution in [3.63, 3.8) is 0 Å². The van der Waals surface area contributed by atoms with E-state index in [1.165, 1.54) is 0 Å². The van der Waals surface area contributed by atoms with E-state index in [-0.39, 0.29) is 13.0 Å². The molecule has 0 bridgehead atoms. The summed E-state index contributed by atoms with van der Waals surface area (Å²) in [4.78, 5) is 9.46. The van der Waals surface area contributed by atoms with E-state index in [9.17, 15) is 38.7 Å². The lowest BCUT2D eigenvalue weighted by Crippen LogP contribution is -2.64. The van der Waals surface area contributed by atoms with Gasteiger partial charge in [0.15, 0.2) is 0 Å². The molecule has 0 aromatic heterocycles. The van der Waals surface area contributed by atoms with Crippen LogP contribution in [0.25, 0.3) is 0 Å². The highest BCUT2D eigenvalue weighted by Gasteiger charge is 2.61. The molecular weight excluding hydrogens is 301 g/mol. The van der Waals surface area contributed by atoms with E-state index in [0.717, 1.165) is 0 Å². The predicted molar refractivity (Wildman–Crippen MR) is 61.3 cm³/mol. The third-order valence-electron chi connectivity index (χ3n) is 4.04. The zero-order valence-electron chi connectivity index (χ0n) is 10.3. The van der Waals surface area contributed by atoms with Crippen LogP contribution >= 0.6 is 7.60 Å². The molecule has 0 radical (unpaired) electrons. The van der Waals surface area contributed by atoms with Crippen molar-refractivity contribution >= 4 is 7.60 Å². The number of hydrogen-bond donors (Lipinski definition) is 5. The zero-order chi connectivity index (χ0) is 15.3. The lowest BCUT2D eigenvalue weighted by molar-refractivity contribution is -0.269. The normalized spacial score (nSPS) is 52.1. The van der Waals surface area contributed by atoms with Crippen LogP contribution in [0.5, 0.6) is 0 Å². The number of aliphatic hydroxyl groups is 4. The highest BCUT2D eigenvalue weighted by Crippen LogP contribution is 2.57. The van der Waals surface area contributed by atoms with Crippen molar-refractivity contribution in [1.29, 1.82) is 0 Å². The average molecular weight is 318 g/mol. The van der Waals surface area contributed by atoms with Crippen LogP contribution in [0, 0.1) is 5.92 Å². The SMILES string of the molecule is O=P1(O)OCCC1C[C@@H]1[C@@H](O)[C@H](O)[C@H](O)[C@@H](O)C1(F)F. The third kappa shape index (κ3) is 2.52. The molecule has 118 valence electrons. The Morgan fingerprint density at radius 3 is 2.25 bits per heavy atom. The van der Waals surface area contributed by atoms with Gasteiger partial charge in [0.05, 0.1) is 24.3 Å². The van der Waals surface area contributed by atoms with Crippen LogP contribution in [-0.2, 0) is 9.09 Å². The third-order valence-corrected chi connectivity index (χ3v) is 5.98. The Bertz CT molecular complexity index is 420. The molecular formula is C10H17F2O7P. The molecule has 7 atom stereocenters. The molecule has 1 saturated carbocycles. The summed E-state index contributed by atoms with van der Waals surface area (Å²) in [6.07, 6.45) is -9.22. The lowest BCUT2D eigenvalue weighted by atomic mass is 9.75. The number of halogens is 2. The molecule has 1 aliphatic carbocycles. The highest BCUT2D eigenvalue weighted by atomic mass is 31.2. The van der Waals surface area contributed by atoms with Crippen LogP contribution in [0.2, 0.25) is 0 Å². The van der Waals surface area contributed by atoms with Gasteiger partial charge in [-0.15, -0.1) is 0 Å². The largest absolute Gasteiger partial charge is 0.390 e. The molecule has 0 aromatic carbocycles. The standard InChI is InChI=1S/C10H17F2O7P/c11-10(12)5(3-4-1-2-19-20(4,17)18)6(13)7(14)8(15)9(10)16/h4-9,13-16H,1-3H2,(H,17,18)/t4?,5-,6-,7+,8+,9-/m1/s1. The molecule has 0 amide bonds. The van der Waals surface area contributed by atoms with Crippen molar-refractivity contribution in [3.8, 4) is 0 Å². The monoisotopic (exact) mass is 318 g/mol. The van der Waals surface area contributed by atoms with Crippen molar-refractivity contribution in [2.24, 2.45) is 5.92 Å². The number of alkyl halides is 2. The van der Waals surface area contributed by atoms with Crippen LogP contribution in [0.1, 0.15) is 12.8 Å². The Morgan fingerprint density at radius 2 is 1.75 bits per heavy atom. The van der Waals surface area contributed by atoms with E-state index in [1.54, 1.807) is 0 Å². The number of aliphatic hydroxyl groups excluding tert-OH is 4. The summed E-state index contributed by atoms with van der Waals surface area (Å²) in [5.41, 5.74) is -1.09. The minimum Gasteiger partial charge on any atom is -0.390 e. The molecule has 1 saturated heterocycles. The van der Waals surface area contributed by atoms with Crippen molar-refractivity contribution in [3.05, 3.63) is 0 Å². The Morgan fingerprint density at radius 1 is 1.15 bits per heavy atom. The Hall–Kier alpha value is -0.150. The van der Waals surface area contributed by atoms with Crippen LogP contribution in [-0.4, -0.2) is 67.9 Å². The minimum absolute atomic E-state index is 0.0550. The average Bonchev–Trinajstić information content (AvgIpc) is 2.69. The molecule has 2 fully saturated rings. The molecule has 2 rings (SSSR count). The maximum absolute atomic E-state index is 13.9. The summed E-state index contributed by atoms with van der Waals surface area (Å²) < 4.78 is 44.1. The summed E-state index contributed by atoms with van der Waals surface area (Å²) in [5, 5.41) is 37.7. The summed E-state index contributed by atoms with van der Waals surface area (Å²) in [7, 11) is -4.03. The summed E-state index contributed by atoms with van der Waals surface area (Å²) in [5.74, 6) is -5.83. The fourth-order valence-electron chi connectivity index (χ4n) is 2.73. The van der Waals surface area contributed by atoms with Gasteiger partial charge >= 0.3 is 7.60 Å². The van der Waals surface area contributed by atoms with Gasteiger partial charge < -0.3 is 29.8 Å². The fraction of sp³-hybridized carbons (Fsp3) is 1.00. The van der Waals surface area contributed by atoms with Gasteiger partial charge in [0, 0.05) is 0 Å². The molecule has 10 heteroatoms. The van der Waals surface area contributed by atoms with E-state index in [1.807, 2.05) is 0 Å². The Balaban J connectivity index is 2.22. The Kier molecular flexibility index (Phi) is 4.25. The molecule has 0 spiro atoms. The van der Waals surface area contributed by atoms with E-state index in [2.05, 4.69) is 4.52 Å². The molecule has 2 aliphatic rings. The van der Waals surface area contributed by atoms with Gasteiger partial charge in [-0.2, -0.15) is 0 Å². The van der Waals surface area contributed by atoms with Gasteiger partial charge in [-0.3, -0.25) is 4.57 Å². The van der Waals surface area contributed by atoms with Gasteiger partial charge in [-0.05, 0) is 12.8 Å². The first-order valence-corrected chi connectivity index (χ1v) is 7.80. The van der Waals surface area contributed by atoms with Gasteiger partial charge in [-0.1, -0.05) is 0 Å². The minimum atomic E-state index is -4.03. The van der Waals surface area contributed by atoms with Gasteiger partial charge in [-0.25, -0.2) is 8.78 Å². The second-order valence-electron chi connectivity index (χ2n) is 5.27. The van der Waals surface area contributed by atoms with E-state index >= 15 is 0 Å². The van der Waals surface area contributed by atoms with Crippen LogP contribution in [0.3, 0.4) is 0 Å². The van der Waals surface area contributed by atoms with E-state index in [4.69, 9.17) is 0 Å². The second-order valence-corrected chi connectivity index (χ2v) is 7.39. The van der Waals surface area contributed by atoms with Gasteiger partial charge in [0.1, 0.15) is 18.3 Å². The van der Waals surface area contributed by atoms with Gasteiger partial charge in [0.25, 0.3) is 5.92 Å². The van der Waals surface area contributed by atoms with Crippen molar-refractivity contribution in [2.45, 2.75) is 48.8 Å². The van der Waals surface area contributed by atoms with E-state index in [0.29, 0.717) is 0 Å². The smallest absolute Gasteiger partial charge is 0.331 e. The topological polar surface area (TPSA) is 127 Å².